The molecule has 0 radical (unpaired) electrons. The van der Waals surface area contributed by atoms with Gasteiger partial charge in [-0.2, -0.15) is 0 Å². The number of fused-ring (bicyclic) bond motifs is 1. The van der Waals surface area contributed by atoms with E-state index in [-0.39, 0.29) is 0 Å². The van der Waals surface area contributed by atoms with Crippen molar-refractivity contribution in [2.75, 3.05) is 11.4 Å². The summed E-state index contributed by atoms with van der Waals surface area (Å²) >= 11 is 0. The molecule has 0 bridgehead atoms. The van der Waals surface area contributed by atoms with Gasteiger partial charge in [-0.3, -0.25) is 0 Å². The average Bonchev–Trinajstić information content (AvgIpc) is 2.68. The fourth-order valence-electron chi connectivity index (χ4n) is 2.22. The Bertz CT molecular complexity index is 453. The highest BCUT2D eigenvalue weighted by atomic mass is 16.4. The molecule has 1 atom stereocenters. The SMILES string of the molecule is C=C(CC)CN1c2ccccc2CC1C(=O)O. The van der Waals surface area contributed by atoms with Gasteiger partial charge in [0.05, 0.1) is 0 Å². The highest BCUT2D eigenvalue weighted by molar-refractivity contribution is 5.82. The molecule has 1 unspecified atom stereocenters. The maximum Gasteiger partial charge on any atom is 0.326 e. The van der Waals surface area contributed by atoms with E-state index in [2.05, 4.69) is 6.58 Å². The third-order valence-corrected chi connectivity index (χ3v) is 3.27. The number of nitrogens with zero attached hydrogens (tertiary/aromatic N) is 1. The molecule has 3 heteroatoms. The lowest BCUT2D eigenvalue weighted by Crippen LogP contribution is -2.39. The Morgan fingerprint density at radius 3 is 2.88 bits per heavy atom. The molecule has 90 valence electrons. The Hall–Kier alpha value is -1.77. The number of carboxylic acids is 1. The molecular formula is C14H17NO2. The molecule has 1 heterocycles. The van der Waals surface area contributed by atoms with Crippen LogP contribution in [0, 0.1) is 0 Å². The van der Waals surface area contributed by atoms with Crippen molar-refractivity contribution in [1.82, 2.24) is 0 Å². The molecule has 0 aromatic heterocycles. The Morgan fingerprint density at radius 1 is 1.53 bits per heavy atom. The molecule has 3 nitrogen and oxygen atoms in total. The van der Waals surface area contributed by atoms with Crippen LogP contribution in [-0.2, 0) is 11.2 Å². The van der Waals surface area contributed by atoms with Gasteiger partial charge >= 0.3 is 5.97 Å². The normalized spacial score (nSPS) is 17.9. The number of carboxylic acid groups (broad SMARTS) is 1. The smallest absolute Gasteiger partial charge is 0.326 e. The molecule has 0 saturated heterocycles. The minimum atomic E-state index is -0.759. The van der Waals surface area contributed by atoms with Crippen LogP contribution in [0.25, 0.3) is 0 Å². The summed E-state index contributed by atoms with van der Waals surface area (Å²) in [6, 6.07) is 7.44. The Morgan fingerprint density at radius 2 is 2.24 bits per heavy atom. The molecular weight excluding hydrogens is 214 g/mol. The molecule has 2 rings (SSSR count). The van der Waals surface area contributed by atoms with Crippen LogP contribution in [0.3, 0.4) is 0 Å². The number of hydrogen-bond acceptors (Lipinski definition) is 2. The second-order valence-electron chi connectivity index (χ2n) is 4.42. The van der Waals surface area contributed by atoms with Crippen LogP contribution in [0.5, 0.6) is 0 Å². The zero-order chi connectivity index (χ0) is 12.4. The minimum Gasteiger partial charge on any atom is -0.480 e. The summed E-state index contributed by atoms with van der Waals surface area (Å²) in [6.07, 6.45) is 1.47. The molecule has 0 amide bonds. The standard InChI is InChI=1S/C14H17NO2/c1-3-10(2)9-15-12-7-5-4-6-11(12)8-13(15)14(16)17/h4-7,13H,2-3,8-9H2,1H3,(H,16,17). The van der Waals surface area contributed by atoms with Crippen LogP contribution < -0.4 is 4.90 Å². The Balaban J connectivity index is 2.30. The third kappa shape index (κ3) is 2.18. The van der Waals surface area contributed by atoms with E-state index in [1.807, 2.05) is 36.1 Å². The summed E-state index contributed by atoms with van der Waals surface area (Å²) in [7, 11) is 0. The van der Waals surface area contributed by atoms with Crippen LogP contribution in [0.2, 0.25) is 0 Å². The summed E-state index contributed by atoms with van der Waals surface area (Å²) in [5, 5.41) is 9.27. The molecule has 1 aromatic rings. The summed E-state index contributed by atoms with van der Waals surface area (Å²) in [6.45, 7) is 6.64. The maximum atomic E-state index is 11.3. The molecule has 1 aliphatic heterocycles. The molecule has 0 aliphatic carbocycles. The van der Waals surface area contributed by atoms with E-state index >= 15 is 0 Å². The number of anilines is 1. The molecule has 0 saturated carbocycles. The van der Waals surface area contributed by atoms with Crippen LogP contribution >= 0.6 is 0 Å². The quantitative estimate of drug-likeness (QED) is 0.809. The minimum absolute atomic E-state index is 0.448. The first-order chi connectivity index (χ1) is 8.13. The van der Waals surface area contributed by atoms with Crippen molar-refractivity contribution in [3.05, 3.63) is 42.0 Å². The maximum absolute atomic E-state index is 11.3. The molecule has 1 aliphatic rings. The summed E-state index contributed by atoms with van der Waals surface area (Å²) in [4.78, 5) is 13.2. The summed E-state index contributed by atoms with van der Waals surface area (Å²) < 4.78 is 0. The first-order valence-electron chi connectivity index (χ1n) is 5.87. The van der Waals surface area contributed by atoms with E-state index in [1.165, 1.54) is 0 Å². The van der Waals surface area contributed by atoms with Gasteiger partial charge in [0.1, 0.15) is 6.04 Å². The first kappa shape index (κ1) is 11.7. The van der Waals surface area contributed by atoms with Gasteiger partial charge in [-0.1, -0.05) is 37.3 Å². The molecule has 17 heavy (non-hydrogen) atoms. The van der Waals surface area contributed by atoms with Crippen molar-refractivity contribution in [3.8, 4) is 0 Å². The van der Waals surface area contributed by atoms with Gasteiger partial charge in [0.15, 0.2) is 0 Å². The number of aliphatic carboxylic acids is 1. The predicted octanol–water partition coefficient (Wildman–Crippen LogP) is 2.47. The van der Waals surface area contributed by atoms with E-state index in [0.717, 1.165) is 23.2 Å². The van der Waals surface area contributed by atoms with Crippen molar-refractivity contribution >= 4 is 11.7 Å². The second kappa shape index (κ2) is 4.62. The summed E-state index contributed by atoms with van der Waals surface area (Å²) in [5.74, 6) is -0.759. The number of para-hydroxylation sites is 1. The zero-order valence-corrected chi connectivity index (χ0v) is 10.0. The fraction of sp³-hybridized carbons (Fsp3) is 0.357. The third-order valence-electron chi connectivity index (χ3n) is 3.27. The van der Waals surface area contributed by atoms with Gasteiger partial charge in [-0.05, 0) is 18.1 Å². The number of hydrogen-bond donors (Lipinski definition) is 1. The van der Waals surface area contributed by atoms with Crippen molar-refractivity contribution in [2.24, 2.45) is 0 Å². The molecule has 1 aromatic carbocycles. The van der Waals surface area contributed by atoms with Crippen LogP contribution in [0.4, 0.5) is 5.69 Å². The van der Waals surface area contributed by atoms with Gasteiger partial charge in [-0.15, -0.1) is 0 Å². The van der Waals surface area contributed by atoms with Crippen LogP contribution in [0.1, 0.15) is 18.9 Å². The monoisotopic (exact) mass is 231 g/mol. The van der Waals surface area contributed by atoms with Gasteiger partial charge < -0.3 is 10.0 Å². The van der Waals surface area contributed by atoms with E-state index in [1.54, 1.807) is 0 Å². The van der Waals surface area contributed by atoms with Crippen molar-refractivity contribution in [3.63, 3.8) is 0 Å². The predicted molar refractivity (Wildman–Crippen MR) is 68.3 cm³/mol. The molecule has 0 fully saturated rings. The van der Waals surface area contributed by atoms with E-state index in [4.69, 9.17) is 0 Å². The van der Waals surface area contributed by atoms with E-state index < -0.39 is 12.0 Å². The first-order valence-corrected chi connectivity index (χ1v) is 5.87. The zero-order valence-electron chi connectivity index (χ0n) is 10.0. The van der Waals surface area contributed by atoms with Crippen molar-refractivity contribution in [2.45, 2.75) is 25.8 Å². The lowest BCUT2D eigenvalue weighted by Gasteiger charge is -2.25. The lowest BCUT2D eigenvalue weighted by atomic mass is 10.1. The summed E-state index contributed by atoms with van der Waals surface area (Å²) in [5.41, 5.74) is 3.21. The topological polar surface area (TPSA) is 40.5 Å². The van der Waals surface area contributed by atoms with Crippen LogP contribution in [0.15, 0.2) is 36.4 Å². The second-order valence-corrected chi connectivity index (χ2v) is 4.42. The van der Waals surface area contributed by atoms with E-state index in [9.17, 15) is 9.90 Å². The number of benzene rings is 1. The van der Waals surface area contributed by atoms with Gasteiger partial charge in [0.25, 0.3) is 0 Å². The van der Waals surface area contributed by atoms with Gasteiger partial charge in [0.2, 0.25) is 0 Å². The molecule has 1 N–H and O–H groups in total. The van der Waals surface area contributed by atoms with Gasteiger partial charge in [-0.25, -0.2) is 4.79 Å². The van der Waals surface area contributed by atoms with Crippen molar-refractivity contribution in [1.29, 1.82) is 0 Å². The van der Waals surface area contributed by atoms with Gasteiger partial charge in [0, 0.05) is 18.7 Å². The average molecular weight is 231 g/mol. The van der Waals surface area contributed by atoms with E-state index in [0.29, 0.717) is 13.0 Å². The number of rotatable bonds is 4. The fourth-order valence-corrected chi connectivity index (χ4v) is 2.22. The van der Waals surface area contributed by atoms with Crippen LogP contribution in [-0.4, -0.2) is 23.7 Å². The highest BCUT2D eigenvalue weighted by Crippen LogP contribution is 2.32. The highest BCUT2D eigenvalue weighted by Gasteiger charge is 2.33. The Kier molecular flexibility index (Phi) is 3.18. The number of carbonyl (C=O) groups is 1. The van der Waals surface area contributed by atoms with Crippen molar-refractivity contribution < 1.29 is 9.90 Å². The largest absolute Gasteiger partial charge is 0.480 e. The lowest BCUT2D eigenvalue weighted by molar-refractivity contribution is -0.138. The molecule has 0 spiro atoms. The Labute approximate surface area is 101 Å².